The lowest BCUT2D eigenvalue weighted by Crippen LogP contribution is -2.20. The molecule has 3 heteroatoms. The highest BCUT2D eigenvalue weighted by atomic mass is 16.5. The molecule has 0 aromatic heterocycles. The molecule has 0 N–H and O–H groups in total. The third kappa shape index (κ3) is 4.57. The van der Waals surface area contributed by atoms with E-state index in [0.29, 0.717) is 18.9 Å². The Bertz CT molecular complexity index is 330. The molecule has 0 aliphatic heterocycles. The summed E-state index contributed by atoms with van der Waals surface area (Å²) in [5.74, 6) is 1.18. The maximum Gasteiger partial charge on any atom is 0.122 e. The Morgan fingerprint density at radius 2 is 1.88 bits per heavy atom. The van der Waals surface area contributed by atoms with Gasteiger partial charge >= 0.3 is 0 Å². The van der Waals surface area contributed by atoms with E-state index in [-0.39, 0.29) is 6.10 Å². The first kappa shape index (κ1) is 13.7. The molecular weight excluding hydrogens is 216 g/mol. The zero-order valence-corrected chi connectivity index (χ0v) is 10.7. The van der Waals surface area contributed by atoms with E-state index in [1.165, 1.54) is 0 Å². The van der Waals surface area contributed by atoms with Crippen LogP contribution in [-0.2, 0) is 16.1 Å². The van der Waals surface area contributed by atoms with Gasteiger partial charge in [0.15, 0.2) is 0 Å². The van der Waals surface area contributed by atoms with Crippen LogP contribution in [0.25, 0.3) is 0 Å². The second-order valence-electron chi connectivity index (χ2n) is 4.34. The van der Waals surface area contributed by atoms with Gasteiger partial charge in [0.1, 0.15) is 12.0 Å². The van der Waals surface area contributed by atoms with E-state index in [1.54, 1.807) is 7.11 Å². The summed E-state index contributed by atoms with van der Waals surface area (Å²) in [6, 6.07) is 7.75. The highest BCUT2D eigenvalue weighted by molar-refractivity contribution is 5.50. The van der Waals surface area contributed by atoms with E-state index in [2.05, 4.69) is 13.8 Å². The number of carbonyl (C=O) groups excluding carboxylic acids is 1. The van der Waals surface area contributed by atoms with Crippen LogP contribution in [0.15, 0.2) is 24.3 Å². The second kappa shape index (κ2) is 7.07. The molecule has 1 aromatic carbocycles. The molecule has 0 heterocycles. The van der Waals surface area contributed by atoms with Gasteiger partial charge in [-0.3, -0.25) is 0 Å². The van der Waals surface area contributed by atoms with Gasteiger partial charge in [0.2, 0.25) is 0 Å². The molecule has 94 valence electrons. The van der Waals surface area contributed by atoms with Crippen LogP contribution in [0.4, 0.5) is 0 Å². The molecule has 0 saturated heterocycles. The first-order chi connectivity index (χ1) is 8.17. The highest BCUT2D eigenvalue weighted by Gasteiger charge is 2.13. The fraction of sp³-hybridized carbons (Fsp3) is 0.500. The Morgan fingerprint density at radius 3 is 2.35 bits per heavy atom. The van der Waals surface area contributed by atoms with Gasteiger partial charge in [-0.25, -0.2) is 0 Å². The number of benzene rings is 1. The summed E-state index contributed by atoms with van der Waals surface area (Å²) in [5.41, 5.74) is 1.09. The summed E-state index contributed by atoms with van der Waals surface area (Å²) in [7, 11) is 1.64. The van der Waals surface area contributed by atoms with Gasteiger partial charge in [-0.15, -0.1) is 0 Å². The summed E-state index contributed by atoms with van der Waals surface area (Å²) in [6.07, 6.45) is 1.36. The summed E-state index contributed by atoms with van der Waals surface area (Å²) in [5, 5.41) is 0. The molecule has 3 nitrogen and oxygen atoms in total. The lowest BCUT2D eigenvalue weighted by molar-refractivity contribution is -0.111. The first-order valence-electron chi connectivity index (χ1n) is 5.85. The van der Waals surface area contributed by atoms with Gasteiger partial charge in [-0.1, -0.05) is 26.0 Å². The van der Waals surface area contributed by atoms with Crippen molar-refractivity contribution in [2.24, 2.45) is 5.92 Å². The molecule has 1 aromatic rings. The predicted octanol–water partition coefficient (Wildman–Crippen LogP) is 2.83. The molecular formula is C14H20O3. The minimum Gasteiger partial charge on any atom is -0.497 e. The van der Waals surface area contributed by atoms with Gasteiger partial charge in [0.25, 0.3) is 0 Å². The number of hydrogen-bond acceptors (Lipinski definition) is 3. The quantitative estimate of drug-likeness (QED) is 0.683. The van der Waals surface area contributed by atoms with E-state index in [4.69, 9.17) is 9.47 Å². The predicted molar refractivity (Wildman–Crippen MR) is 67.1 cm³/mol. The smallest absolute Gasteiger partial charge is 0.122 e. The average Bonchev–Trinajstić information content (AvgIpc) is 2.34. The Morgan fingerprint density at radius 1 is 1.24 bits per heavy atom. The number of methoxy groups -OCH3 is 1. The van der Waals surface area contributed by atoms with E-state index in [0.717, 1.165) is 17.6 Å². The lowest BCUT2D eigenvalue weighted by Gasteiger charge is -2.19. The van der Waals surface area contributed by atoms with Crippen molar-refractivity contribution in [1.82, 2.24) is 0 Å². The van der Waals surface area contributed by atoms with Crippen LogP contribution >= 0.6 is 0 Å². The number of hydrogen-bond donors (Lipinski definition) is 0. The van der Waals surface area contributed by atoms with Crippen molar-refractivity contribution in [3.63, 3.8) is 0 Å². The normalized spacial score (nSPS) is 12.5. The van der Waals surface area contributed by atoms with Crippen molar-refractivity contribution < 1.29 is 14.3 Å². The van der Waals surface area contributed by atoms with Gasteiger partial charge < -0.3 is 14.3 Å². The van der Waals surface area contributed by atoms with Gasteiger partial charge in [0, 0.05) is 6.42 Å². The molecule has 0 saturated carbocycles. The van der Waals surface area contributed by atoms with Crippen LogP contribution in [0.2, 0.25) is 0 Å². The van der Waals surface area contributed by atoms with Crippen LogP contribution in [-0.4, -0.2) is 19.5 Å². The fourth-order valence-corrected chi connectivity index (χ4v) is 1.55. The molecule has 0 unspecified atom stereocenters. The Labute approximate surface area is 103 Å². The van der Waals surface area contributed by atoms with Crippen molar-refractivity contribution in [2.75, 3.05) is 7.11 Å². The number of aldehydes is 1. The largest absolute Gasteiger partial charge is 0.497 e. The molecule has 1 rings (SSSR count). The third-order valence-corrected chi connectivity index (χ3v) is 2.70. The van der Waals surface area contributed by atoms with Gasteiger partial charge in [-0.05, 0) is 23.6 Å². The van der Waals surface area contributed by atoms with Crippen molar-refractivity contribution in [3.8, 4) is 5.75 Å². The van der Waals surface area contributed by atoms with Gasteiger partial charge in [0.05, 0.1) is 19.8 Å². The van der Waals surface area contributed by atoms with E-state index < -0.39 is 0 Å². The van der Waals surface area contributed by atoms with Crippen molar-refractivity contribution in [1.29, 1.82) is 0 Å². The van der Waals surface area contributed by atoms with Crippen LogP contribution in [0.1, 0.15) is 25.8 Å². The molecule has 1 atom stereocenters. The average molecular weight is 236 g/mol. The number of carbonyl (C=O) groups is 1. The van der Waals surface area contributed by atoms with Crippen molar-refractivity contribution >= 4 is 6.29 Å². The SMILES string of the molecule is COc1ccc(CO[C@@H](CC=O)C(C)C)cc1. The number of ether oxygens (including phenoxy) is 2. The molecule has 0 bridgehead atoms. The van der Waals surface area contributed by atoms with E-state index >= 15 is 0 Å². The zero-order valence-electron chi connectivity index (χ0n) is 10.7. The molecule has 17 heavy (non-hydrogen) atoms. The van der Waals surface area contributed by atoms with Crippen molar-refractivity contribution in [3.05, 3.63) is 29.8 Å². The van der Waals surface area contributed by atoms with Crippen LogP contribution in [0, 0.1) is 5.92 Å². The fourth-order valence-electron chi connectivity index (χ4n) is 1.55. The van der Waals surface area contributed by atoms with E-state index in [1.807, 2.05) is 24.3 Å². The molecule has 0 aliphatic rings. The Hall–Kier alpha value is -1.35. The monoisotopic (exact) mass is 236 g/mol. The summed E-state index contributed by atoms with van der Waals surface area (Å²) >= 11 is 0. The van der Waals surface area contributed by atoms with Crippen molar-refractivity contribution in [2.45, 2.75) is 33.0 Å². The highest BCUT2D eigenvalue weighted by Crippen LogP contribution is 2.15. The standard InChI is InChI=1S/C14H20O3/c1-11(2)14(8-9-15)17-10-12-4-6-13(16-3)7-5-12/h4-7,9,11,14H,8,10H2,1-3H3/t14-/m0/s1. The summed E-state index contributed by atoms with van der Waals surface area (Å²) in [6.45, 7) is 4.64. The lowest BCUT2D eigenvalue weighted by atomic mass is 10.0. The molecule has 0 radical (unpaired) electrons. The first-order valence-corrected chi connectivity index (χ1v) is 5.85. The number of rotatable bonds is 7. The topological polar surface area (TPSA) is 35.5 Å². The minimum atomic E-state index is -0.00500. The maximum atomic E-state index is 10.5. The van der Waals surface area contributed by atoms with Gasteiger partial charge in [-0.2, -0.15) is 0 Å². The van der Waals surface area contributed by atoms with Crippen LogP contribution in [0.3, 0.4) is 0 Å². The Balaban J connectivity index is 2.49. The maximum absolute atomic E-state index is 10.5. The van der Waals surface area contributed by atoms with Crippen LogP contribution in [0.5, 0.6) is 5.75 Å². The molecule has 0 amide bonds. The van der Waals surface area contributed by atoms with E-state index in [9.17, 15) is 4.79 Å². The molecule has 0 aliphatic carbocycles. The molecule has 0 fully saturated rings. The Kier molecular flexibility index (Phi) is 5.70. The minimum absolute atomic E-state index is 0.00500. The summed E-state index contributed by atoms with van der Waals surface area (Å²) < 4.78 is 10.8. The van der Waals surface area contributed by atoms with Crippen LogP contribution < -0.4 is 4.74 Å². The second-order valence-corrected chi connectivity index (χ2v) is 4.34. The third-order valence-electron chi connectivity index (χ3n) is 2.70. The molecule has 0 spiro atoms. The summed E-state index contributed by atoms with van der Waals surface area (Å²) in [4.78, 5) is 10.5. The zero-order chi connectivity index (χ0) is 12.7.